The topological polar surface area (TPSA) is 17.1 Å². The quantitative estimate of drug-likeness (QED) is 0.570. The van der Waals surface area contributed by atoms with Crippen LogP contribution in [0.1, 0.15) is 36.0 Å². The molecule has 0 aliphatic heterocycles. The van der Waals surface area contributed by atoms with Crippen LogP contribution in [-0.2, 0) is 4.79 Å². The Morgan fingerprint density at radius 3 is 2.47 bits per heavy atom. The van der Waals surface area contributed by atoms with Crippen LogP contribution < -0.4 is 0 Å². The van der Waals surface area contributed by atoms with Crippen LogP contribution in [0.5, 0.6) is 0 Å². The van der Waals surface area contributed by atoms with Gasteiger partial charge in [-0.25, -0.2) is 0 Å². The molecule has 0 aliphatic carbocycles. The maximum absolute atomic E-state index is 10.5. The summed E-state index contributed by atoms with van der Waals surface area (Å²) >= 11 is 1.76. The summed E-state index contributed by atoms with van der Waals surface area (Å²) in [6.45, 7) is 6.36. The predicted molar refractivity (Wildman–Crippen MR) is 66.8 cm³/mol. The summed E-state index contributed by atoms with van der Waals surface area (Å²) in [5.41, 5.74) is 3.93. The molecule has 0 heterocycles. The van der Waals surface area contributed by atoms with Crippen molar-refractivity contribution in [2.45, 2.75) is 38.0 Å². The van der Waals surface area contributed by atoms with E-state index in [9.17, 15) is 4.79 Å². The highest BCUT2D eigenvalue weighted by Crippen LogP contribution is 2.31. The molecule has 0 aromatic heterocycles. The molecule has 1 atom stereocenters. The zero-order valence-electron chi connectivity index (χ0n) is 9.83. The number of carbonyl (C=O) groups excluding carboxylic acids is 1. The highest BCUT2D eigenvalue weighted by Gasteiger charge is 2.11. The second-order valence-electron chi connectivity index (χ2n) is 3.98. The molecule has 15 heavy (non-hydrogen) atoms. The number of hydrogen-bond acceptors (Lipinski definition) is 2. The van der Waals surface area contributed by atoms with Crippen molar-refractivity contribution in [3.05, 3.63) is 28.8 Å². The van der Waals surface area contributed by atoms with Crippen LogP contribution in [0.2, 0.25) is 0 Å². The lowest BCUT2D eigenvalue weighted by Crippen LogP contribution is -1.98. The Morgan fingerprint density at radius 2 is 1.93 bits per heavy atom. The Labute approximate surface area is 96.3 Å². The van der Waals surface area contributed by atoms with Crippen LogP contribution in [-0.4, -0.2) is 12.5 Å². The lowest BCUT2D eigenvalue weighted by atomic mass is 9.95. The van der Waals surface area contributed by atoms with Gasteiger partial charge in [0.15, 0.2) is 0 Å². The van der Waals surface area contributed by atoms with Crippen molar-refractivity contribution in [3.63, 3.8) is 0 Å². The fourth-order valence-corrected chi connectivity index (χ4v) is 2.44. The van der Waals surface area contributed by atoms with Gasteiger partial charge in [0.25, 0.3) is 0 Å². The van der Waals surface area contributed by atoms with Gasteiger partial charge in [0, 0.05) is 11.3 Å². The largest absolute Gasteiger partial charge is 0.303 e. The molecule has 0 saturated carbocycles. The Morgan fingerprint density at radius 1 is 1.33 bits per heavy atom. The van der Waals surface area contributed by atoms with Crippen molar-refractivity contribution < 1.29 is 4.79 Å². The number of thioether (sulfide) groups is 1. The minimum Gasteiger partial charge on any atom is -0.303 e. The Bertz CT molecular complexity index is 358. The molecule has 0 bridgehead atoms. The molecular formula is C13H18OS. The van der Waals surface area contributed by atoms with Crippen LogP contribution in [0.15, 0.2) is 17.0 Å². The van der Waals surface area contributed by atoms with Gasteiger partial charge >= 0.3 is 0 Å². The molecule has 0 saturated heterocycles. The fourth-order valence-electron chi connectivity index (χ4n) is 1.65. The van der Waals surface area contributed by atoms with Crippen LogP contribution in [0.4, 0.5) is 0 Å². The molecule has 0 N–H and O–H groups in total. The molecule has 1 unspecified atom stereocenters. The van der Waals surface area contributed by atoms with Gasteiger partial charge < -0.3 is 4.79 Å². The third-order valence-electron chi connectivity index (χ3n) is 2.83. The molecule has 0 amide bonds. The molecule has 1 aromatic carbocycles. The van der Waals surface area contributed by atoms with E-state index >= 15 is 0 Å². The maximum Gasteiger partial charge on any atom is 0.120 e. The van der Waals surface area contributed by atoms with Crippen molar-refractivity contribution in [2.75, 3.05) is 6.26 Å². The highest BCUT2D eigenvalue weighted by atomic mass is 32.2. The molecule has 1 rings (SSSR count). The van der Waals surface area contributed by atoms with E-state index in [2.05, 4.69) is 39.2 Å². The molecular weight excluding hydrogens is 204 g/mol. The first kappa shape index (κ1) is 12.3. The summed E-state index contributed by atoms with van der Waals surface area (Å²) in [5, 5.41) is 0. The van der Waals surface area contributed by atoms with Gasteiger partial charge in [-0.3, -0.25) is 0 Å². The fraction of sp³-hybridized carbons (Fsp3) is 0.462. The minimum absolute atomic E-state index is 0.323. The van der Waals surface area contributed by atoms with E-state index in [4.69, 9.17) is 0 Å². The maximum atomic E-state index is 10.5. The van der Waals surface area contributed by atoms with Crippen LogP contribution in [0.25, 0.3) is 0 Å². The second kappa shape index (κ2) is 5.36. The molecule has 82 valence electrons. The summed E-state index contributed by atoms with van der Waals surface area (Å²) in [5.74, 6) is 0.323. The van der Waals surface area contributed by atoms with Crippen molar-refractivity contribution in [3.8, 4) is 0 Å². The number of benzene rings is 1. The number of aryl methyl sites for hydroxylation is 2. The first-order valence-electron chi connectivity index (χ1n) is 5.19. The summed E-state index contributed by atoms with van der Waals surface area (Å²) in [6, 6.07) is 4.44. The van der Waals surface area contributed by atoms with Crippen molar-refractivity contribution in [2.24, 2.45) is 0 Å². The third kappa shape index (κ3) is 2.85. The smallest absolute Gasteiger partial charge is 0.120 e. The van der Waals surface area contributed by atoms with E-state index in [1.54, 1.807) is 11.8 Å². The van der Waals surface area contributed by atoms with Gasteiger partial charge in [0.05, 0.1) is 0 Å². The first-order valence-corrected chi connectivity index (χ1v) is 6.41. The second-order valence-corrected chi connectivity index (χ2v) is 4.83. The number of hydrogen-bond donors (Lipinski definition) is 0. The Balaban J connectivity index is 3.14. The SMILES string of the molecule is CSc1cc(C)c(C)cc1C(C)CC=O. The lowest BCUT2D eigenvalue weighted by molar-refractivity contribution is -0.108. The molecule has 0 aliphatic rings. The van der Waals surface area contributed by atoms with Crippen LogP contribution in [0, 0.1) is 13.8 Å². The van der Waals surface area contributed by atoms with Gasteiger partial charge in [0.1, 0.15) is 6.29 Å². The first-order chi connectivity index (χ1) is 7.10. The number of carbonyl (C=O) groups is 1. The summed E-state index contributed by atoms with van der Waals surface area (Å²) in [4.78, 5) is 11.8. The van der Waals surface area contributed by atoms with E-state index in [1.165, 1.54) is 21.6 Å². The third-order valence-corrected chi connectivity index (χ3v) is 3.62. The summed E-state index contributed by atoms with van der Waals surface area (Å²) in [7, 11) is 0. The van der Waals surface area contributed by atoms with E-state index in [0.717, 1.165) is 6.29 Å². The van der Waals surface area contributed by atoms with Gasteiger partial charge in [-0.2, -0.15) is 0 Å². The molecule has 0 spiro atoms. The Kier molecular flexibility index (Phi) is 4.40. The summed E-state index contributed by atoms with van der Waals surface area (Å²) < 4.78 is 0. The van der Waals surface area contributed by atoms with E-state index in [0.29, 0.717) is 12.3 Å². The summed E-state index contributed by atoms with van der Waals surface area (Å²) in [6.07, 6.45) is 3.70. The molecule has 0 radical (unpaired) electrons. The average Bonchev–Trinajstić information content (AvgIpc) is 2.21. The van der Waals surface area contributed by atoms with Gasteiger partial charge in [-0.15, -0.1) is 11.8 Å². The van der Waals surface area contributed by atoms with Gasteiger partial charge in [-0.1, -0.05) is 13.0 Å². The minimum atomic E-state index is 0.323. The van der Waals surface area contributed by atoms with Crippen LogP contribution >= 0.6 is 11.8 Å². The zero-order chi connectivity index (χ0) is 11.4. The van der Waals surface area contributed by atoms with E-state index < -0.39 is 0 Å². The molecule has 0 fully saturated rings. The predicted octanol–water partition coefficient (Wildman–Crippen LogP) is 3.72. The molecule has 1 aromatic rings. The monoisotopic (exact) mass is 222 g/mol. The lowest BCUT2D eigenvalue weighted by Gasteiger charge is -2.15. The van der Waals surface area contributed by atoms with E-state index in [1.807, 2.05) is 0 Å². The van der Waals surface area contributed by atoms with Gasteiger partial charge in [0.2, 0.25) is 0 Å². The number of aldehydes is 1. The van der Waals surface area contributed by atoms with E-state index in [-0.39, 0.29) is 0 Å². The average molecular weight is 222 g/mol. The number of rotatable bonds is 4. The van der Waals surface area contributed by atoms with Gasteiger partial charge in [-0.05, 0) is 48.8 Å². The highest BCUT2D eigenvalue weighted by molar-refractivity contribution is 7.98. The van der Waals surface area contributed by atoms with Crippen molar-refractivity contribution in [1.82, 2.24) is 0 Å². The normalized spacial score (nSPS) is 12.5. The van der Waals surface area contributed by atoms with Crippen molar-refractivity contribution >= 4 is 18.0 Å². The van der Waals surface area contributed by atoms with Crippen molar-refractivity contribution in [1.29, 1.82) is 0 Å². The standard InChI is InChI=1S/C13H18OS/c1-9(5-6-14)12-7-10(2)11(3)8-13(12)15-4/h6-9H,5H2,1-4H3. The molecule has 1 nitrogen and oxygen atoms in total. The Hall–Kier alpha value is -0.760. The zero-order valence-corrected chi connectivity index (χ0v) is 10.6. The van der Waals surface area contributed by atoms with Crippen LogP contribution in [0.3, 0.4) is 0 Å². The molecule has 2 heteroatoms.